The van der Waals surface area contributed by atoms with E-state index in [9.17, 15) is 14.4 Å². The first-order valence-electron chi connectivity index (χ1n) is 8.09. The van der Waals surface area contributed by atoms with E-state index in [0.717, 1.165) is 14.9 Å². The van der Waals surface area contributed by atoms with Crippen LogP contribution in [0.25, 0.3) is 0 Å². The van der Waals surface area contributed by atoms with Gasteiger partial charge in [0.25, 0.3) is 5.91 Å². The third-order valence-electron chi connectivity index (χ3n) is 3.63. The van der Waals surface area contributed by atoms with Crippen LogP contribution in [0.1, 0.15) is 5.56 Å². The van der Waals surface area contributed by atoms with E-state index in [0.29, 0.717) is 5.69 Å². The molecule has 142 valence electrons. The van der Waals surface area contributed by atoms with Gasteiger partial charge in [-0.25, -0.2) is 4.79 Å². The van der Waals surface area contributed by atoms with Gasteiger partial charge in [-0.2, -0.15) is 0 Å². The maximum Gasteiger partial charge on any atom is 0.412 e. The quantitative estimate of drug-likeness (QED) is 0.697. The van der Waals surface area contributed by atoms with Crippen LogP contribution in [0.3, 0.4) is 0 Å². The maximum absolute atomic E-state index is 12.6. The molecule has 2 amide bonds. The van der Waals surface area contributed by atoms with Crippen molar-refractivity contribution in [1.82, 2.24) is 4.90 Å². The fourth-order valence-corrected chi connectivity index (χ4v) is 2.61. The summed E-state index contributed by atoms with van der Waals surface area (Å²) in [6, 6.07) is 15.9. The summed E-state index contributed by atoms with van der Waals surface area (Å²) in [6.45, 7) is -0.484. The minimum Gasteiger partial charge on any atom is -0.480 e. The molecule has 0 heterocycles. The Labute approximate surface area is 165 Å². The number of carbonyl (C=O) groups is 3. The predicted octanol–water partition coefficient (Wildman–Crippen LogP) is 3.15. The van der Waals surface area contributed by atoms with Crippen molar-refractivity contribution in [3.8, 4) is 0 Å². The second-order valence-corrected chi connectivity index (χ2v) is 6.72. The molecular weight excluding hydrogens is 416 g/mol. The number of likely N-dealkylation sites (N-methyl/N-ethyl adjacent to an activating group) is 1. The summed E-state index contributed by atoms with van der Waals surface area (Å²) in [5.41, 5.74) is 1.30. The van der Waals surface area contributed by atoms with Gasteiger partial charge in [0.1, 0.15) is 6.54 Å². The van der Waals surface area contributed by atoms with Crippen molar-refractivity contribution in [2.45, 2.75) is 12.5 Å². The number of amides is 2. The van der Waals surface area contributed by atoms with Crippen LogP contribution in [-0.2, 0) is 20.7 Å². The average Bonchev–Trinajstić information content (AvgIpc) is 2.62. The summed E-state index contributed by atoms with van der Waals surface area (Å²) < 4.78 is 6.16. The summed E-state index contributed by atoms with van der Waals surface area (Å²) in [7, 11) is 1.35. The molecule has 1 unspecified atom stereocenters. The molecule has 0 saturated carbocycles. The molecule has 0 aliphatic rings. The first-order chi connectivity index (χ1) is 12.8. The second kappa shape index (κ2) is 9.72. The topological polar surface area (TPSA) is 95.9 Å². The highest BCUT2D eigenvalue weighted by Crippen LogP contribution is 2.15. The minimum atomic E-state index is -1.15. The van der Waals surface area contributed by atoms with Crippen molar-refractivity contribution in [3.05, 3.63) is 64.6 Å². The van der Waals surface area contributed by atoms with Crippen molar-refractivity contribution >= 4 is 39.6 Å². The largest absolute Gasteiger partial charge is 0.480 e. The summed E-state index contributed by atoms with van der Waals surface area (Å²) in [5, 5.41) is 11.4. The van der Waals surface area contributed by atoms with Crippen molar-refractivity contribution in [3.63, 3.8) is 0 Å². The molecule has 2 N–H and O–H groups in total. The third kappa shape index (κ3) is 6.74. The average molecular weight is 435 g/mol. The number of benzene rings is 2. The molecular formula is C19H19BrN2O5. The molecule has 0 fully saturated rings. The molecule has 0 bridgehead atoms. The van der Waals surface area contributed by atoms with Gasteiger partial charge in [0.2, 0.25) is 0 Å². The number of carboxylic acid groups (broad SMARTS) is 1. The standard InChI is InChI=1S/C19H19BrN2O5/c1-22(12-17(23)24)18(25)16(11-13-5-3-2-4-6-13)27-19(26)21-15-9-7-14(20)8-10-15/h2-10,16H,11-12H2,1H3,(H,21,26)(H,23,24). The van der Waals surface area contributed by atoms with Crippen LogP contribution in [0.4, 0.5) is 10.5 Å². The van der Waals surface area contributed by atoms with Gasteiger partial charge in [-0.15, -0.1) is 0 Å². The van der Waals surface area contributed by atoms with E-state index in [1.54, 1.807) is 48.5 Å². The van der Waals surface area contributed by atoms with Gasteiger partial charge in [0, 0.05) is 23.6 Å². The highest BCUT2D eigenvalue weighted by atomic mass is 79.9. The Morgan fingerprint density at radius 2 is 1.74 bits per heavy atom. The van der Waals surface area contributed by atoms with Crippen LogP contribution in [-0.4, -0.2) is 47.7 Å². The van der Waals surface area contributed by atoms with Crippen LogP contribution in [0.2, 0.25) is 0 Å². The van der Waals surface area contributed by atoms with Crippen molar-refractivity contribution in [1.29, 1.82) is 0 Å². The molecule has 8 heteroatoms. The number of hydrogen-bond donors (Lipinski definition) is 2. The first-order valence-corrected chi connectivity index (χ1v) is 8.88. The number of anilines is 1. The highest BCUT2D eigenvalue weighted by Gasteiger charge is 2.27. The Morgan fingerprint density at radius 1 is 1.11 bits per heavy atom. The van der Waals surface area contributed by atoms with Gasteiger partial charge in [-0.05, 0) is 29.8 Å². The molecule has 0 aliphatic heterocycles. The van der Waals surface area contributed by atoms with Crippen LogP contribution in [0, 0.1) is 0 Å². The number of nitrogens with zero attached hydrogens (tertiary/aromatic N) is 1. The lowest BCUT2D eigenvalue weighted by Crippen LogP contribution is -2.43. The molecule has 0 saturated heterocycles. The fraction of sp³-hybridized carbons (Fsp3) is 0.211. The van der Waals surface area contributed by atoms with Crippen LogP contribution in [0.15, 0.2) is 59.1 Å². The summed E-state index contributed by atoms with van der Waals surface area (Å²) >= 11 is 3.30. The number of ether oxygens (including phenoxy) is 1. The third-order valence-corrected chi connectivity index (χ3v) is 4.16. The second-order valence-electron chi connectivity index (χ2n) is 5.80. The van der Waals surface area contributed by atoms with E-state index in [1.165, 1.54) is 7.05 Å². The zero-order valence-corrected chi connectivity index (χ0v) is 16.2. The van der Waals surface area contributed by atoms with Crippen LogP contribution < -0.4 is 5.32 Å². The van der Waals surface area contributed by atoms with Crippen molar-refractivity contribution in [2.75, 3.05) is 18.9 Å². The summed E-state index contributed by atoms with van der Waals surface area (Å²) in [4.78, 5) is 36.7. The smallest absolute Gasteiger partial charge is 0.412 e. The Balaban J connectivity index is 2.10. The van der Waals surface area contributed by atoms with Crippen molar-refractivity contribution in [2.24, 2.45) is 0 Å². The lowest BCUT2D eigenvalue weighted by atomic mass is 10.1. The van der Waals surface area contributed by atoms with E-state index in [4.69, 9.17) is 9.84 Å². The molecule has 0 aliphatic carbocycles. The number of aliphatic carboxylic acids is 1. The maximum atomic E-state index is 12.6. The van der Waals surface area contributed by atoms with Gasteiger partial charge in [0.15, 0.2) is 6.10 Å². The number of hydrogen-bond acceptors (Lipinski definition) is 4. The van der Waals surface area contributed by atoms with E-state index in [1.807, 2.05) is 6.07 Å². The van der Waals surface area contributed by atoms with Crippen LogP contribution in [0.5, 0.6) is 0 Å². The Morgan fingerprint density at radius 3 is 2.33 bits per heavy atom. The number of carbonyl (C=O) groups excluding carboxylic acids is 2. The van der Waals surface area contributed by atoms with Crippen LogP contribution >= 0.6 is 15.9 Å². The first kappa shape index (κ1) is 20.4. The van der Waals surface area contributed by atoms with E-state index in [2.05, 4.69) is 21.2 Å². The molecule has 0 spiro atoms. The van der Waals surface area contributed by atoms with Gasteiger partial charge >= 0.3 is 12.1 Å². The van der Waals surface area contributed by atoms with E-state index in [-0.39, 0.29) is 6.42 Å². The highest BCUT2D eigenvalue weighted by molar-refractivity contribution is 9.10. The van der Waals surface area contributed by atoms with Gasteiger partial charge in [-0.3, -0.25) is 14.9 Å². The summed E-state index contributed by atoms with van der Waals surface area (Å²) in [6.07, 6.45) is -1.81. The molecule has 0 aromatic heterocycles. The van der Waals surface area contributed by atoms with Crippen molar-refractivity contribution < 1.29 is 24.2 Å². The monoisotopic (exact) mass is 434 g/mol. The van der Waals surface area contributed by atoms with Gasteiger partial charge in [0.05, 0.1) is 0 Å². The molecule has 1 atom stereocenters. The number of nitrogens with one attached hydrogen (secondary N) is 1. The normalized spacial score (nSPS) is 11.3. The molecule has 2 aromatic rings. The molecule has 27 heavy (non-hydrogen) atoms. The Hall–Kier alpha value is -2.87. The minimum absolute atomic E-state index is 0.136. The number of halogens is 1. The van der Waals surface area contributed by atoms with E-state index >= 15 is 0 Å². The molecule has 7 nitrogen and oxygen atoms in total. The van der Waals surface area contributed by atoms with Gasteiger partial charge < -0.3 is 14.7 Å². The number of rotatable bonds is 7. The lowest BCUT2D eigenvalue weighted by Gasteiger charge is -2.23. The Bertz CT molecular complexity index is 796. The number of carboxylic acids is 1. The zero-order valence-electron chi connectivity index (χ0n) is 14.6. The predicted molar refractivity (Wildman–Crippen MR) is 103 cm³/mol. The molecule has 0 radical (unpaired) electrons. The Kier molecular flexibility index (Phi) is 7.36. The summed E-state index contributed by atoms with van der Waals surface area (Å²) in [5.74, 6) is -1.74. The molecule has 2 aromatic carbocycles. The lowest BCUT2D eigenvalue weighted by molar-refractivity contribution is -0.147. The fourth-order valence-electron chi connectivity index (χ4n) is 2.34. The molecule has 2 rings (SSSR count). The van der Waals surface area contributed by atoms with E-state index < -0.39 is 30.6 Å². The van der Waals surface area contributed by atoms with Gasteiger partial charge in [-0.1, -0.05) is 46.3 Å². The SMILES string of the molecule is CN(CC(=O)O)C(=O)C(Cc1ccccc1)OC(=O)Nc1ccc(Br)cc1. The zero-order chi connectivity index (χ0) is 19.8.